The van der Waals surface area contributed by atoms with E-state index in [0.29, 0.717) is 6.04 Å². The van der Waals surface area contributed by atoms with E-state index in [-0.39, 0.29) is 0 Å². The summed E-state index contributed by atoms with van der Waals surface area (Å²) in [5, 5.41) is 3.35. The second-order valence-electron chi connectivity index (χ2n) is 4.26. The van der Waals surface area contributed by atoms with Crippen LogP contribution < -0.4 is 5.32 Å². The van der Waals surface area contributed by atoms with E-state index in [1.54, 1.807) is 0 Å². The lowest BCUT2D eigenvalue weighted by Crippen LogP contribution is -2.21. The molecule has 0 fully saturated rings. The van der Waals surface area contributed by atoms with Gasteiger partial charge in [-0.25, -0.2) is 4.98 Å². The van der Waals surface area contributed by atoms with Gasteiger partial charge in [-0.05, 0) is 28.1 Å². The highest BCUT2D eigenvalue weighted by atomic mass is 79.9. The van der Waals surface area contributed by atoms with Gasteiger partial charge in [-0.3, -0.25) is 0 Å². The number of nitrogens with zero attached hydrogens (tertiary/aromatic N) is 2. The van der Waals surface area contributed by atoms with Crippen molar-refractivity contribution in [2.75, 3.05) is 0 Å². The molecule has 2 rings (SSSR count). The monoisotopic (exact) mass is 293 g/mol. The van der Waals surface area contributed by atoms with Crippen LogP contribution in [-0.2, 0) is 6.54 Å². The smallest absolute Gasteiger partial charge is 0.0996 e. The molecule has 17 heavy (non-hydrogen) atoms. The summed E-state index contributed by atoms with van der Waals surface area (Å²) >= 11 is 3.54. The van der Waals surface area contributed by atoms with Crippen LogP contribution in [0.5, 0.6) is 0 Å². The number of imidazole rings is 1. The van der Waals surface area contributed by atoms with E-state index < -0.39 is 0 Å². The zero-order chi connectivity index (χ0) is 12.3. The van der Waals surface area contributed by atoms with Crippen molar-refractivity contribution < 1.29 is 0 Å². The Bertz CT molecular complexity index is 491. The maximum Gasteiger partial charge on any atom is 0.0996 e. The summed E-state index contributed by atoms with van der Waals surface area (Å²) in [4.78, 5) is 4.39. The first-order chi connectivity index (χ1) is 8.16. The normalized spacial score (nSPS) is 11.1. The van der Waals surface area contributed by atoms with Crippen molar-refractivity contribution >= 4 is 15.9 Å². The SMILES string of the molecule is CC(C)NCc1cn(-c2ccccc2Br)cn1. The molecule has 0 spiro atoms. The Morgan fingerprint density at radius 2 is 2.12 bits per heavy atom. The number of aromatic nitrogens is 2. The third-order valence-electron chi connectivity index (χ3n) is 2.46. The molecular formula is C13H16BrN3. The van der Waals surface area contributed by atoms with Gasteiger partial charge in [0.2, 0.25) is 0 Å². The van der Waals surface area contributed by atoms with Crippen LogP contribution in [0.15, 0.2) is 41.3 Å². The molecule has 1 N–H and O–H groups in total. The molecule has 1 aromatic heterocycles. The van der Waals surface area contributed by atoms with Crippen LogP contribution in [0.2, 0.25) is 0 Å². The van der Waals surface area contributed by atoms with E-state index in [0.717, 1.165) is 22.4 Å². The van der Waals surface area contributed by atoms with Gasteiger partial charge in [0, 0.05) is 23.3 Å². The number of halogens is 1. The van der Waals surface area contributed by atoms with Gasteiger partial charge in [0.15, 0.2) is 0 Å². The minimum atomic E-state index is 0.476. The van der Waals surface area contributed by atoms with Crippen LogP contribution in [0.25, 0.3) is 5.69 Å². The van der Waals surface area contributed by atoms with Crippen molar-refractivity contribution in [1.29, 1.82) is 0 Å². The lowest BCUT2D eigenvalue weighted by Gasteiger charge is -2.05. The summed E-state index contributed by atoms with van der Waals surface area (Å²) in [7, 11) is 0. The number of hydrogen-bond donors (Lipinski definition) is 1. The van der Waals surface area contributed by atoms with E-state index in [9.17, 15) is 0 Å². The molecular weight excluding hydrogens is 278 g/mol. The van der Waals surface area contributed by atoms with Gasteiger partial charge in [-0.15, -0.1) is 0 Å². The Kier molecular flexibility index (Phi) is 3.97. The molecule has 0 aliphatic rings. The third kappa shape index (κ3) is 3.17. The molecule has 2 aromatic rings. The molecule has 0 radical (unpaired) electrons. The fraction of sp³-hybridized carbons (Fsp3) is 0.308. The van der Waals surface area contributed by atoms with Crippen LogP contribution in [0.1, 0.15) is 19.5 Å². The first-order valence-corrected chi connectivity index (χ1v) is 6.47. The maximum absolute atomic E-state index is 4.39. The summed E-state index contributed by atoms with van der Waals surface area (Å²) in [6.07, 6.45) is 3.90. The molecule has 1 heterocycles. The summed E-state index contributed by atoms with van der Waals surface area (Å²) < 4.78 is 3.10. The summed E-state index contributed by atoms with van der Waals surface area (Å²) in [5.41, 5.74) is 2.16. The fourth-order valence-electron chi connectivity index (χ4n) is 1.56. The second kappa shape index (κ2) is 5.47. The van der Waals surface area contributed by atoms with E-state index in [1.165, 1.54) is 0 Å². The number of rotatable bonds is 4. The van der Waals surface area contributed by atoms with Crippen LogP contribution in [0.3, 0.4) is 0 Å². The van der Waals surface area contributed by atoms with Gasteiger partial charge in [0.1, 0.15) is 0 Å². The molecule has 4 heteroatoms. The third-order valence-corrected chi connectivity index (χ3v) is 3.13. The molecule has 0 amide bonds. The molecule has 3 nitrogen and oxygen atoms in total. The Hall–Kier alpha value is -1.13. The van der Waals surface area contributed by atoms with Crippen LogP contribution in [0, 0.1) is 0 Å². The minimum absolute atomic E-state index is 0.476. The summed E-state index contributed by atoms with van der Waals surface area (Å²) in [6, 6.07) is 8.59. The number of hydrogen-bond acceptors (Lipinski definition) is 2. The summed E-state index contributed by atoms with van der Waals surface area (Å²) in [6.45, 7) is 5.06. The Morgan fingerprint density at radius 3 is 2.82 bits per heavy atom. The first-order valence-electron chi connectivity index (χ1n) is 5.68. The summed E-state index contributed by atoms with van der Waals surface area (Å²) in [5.74, 6) is 0. The predicted octanol–water partition coefficient (Wildman–Crippen LogP) is 3.13. The highest BCUT2D eigenvalue weighted by Gasteiger charge is 2.04. The van der Waals surface area contributed by atoms with Gasteiger partial charge in [0.05, 0.1) is 17.7 Å². The molecule has 1 aromatic carbocycles. The van der Waals surface area contributed by atoms with Gasteiger partial charge in [-0.2, -0.15) is 0 Å². The van der Waals surface area contributed by atoms with E-state index in [4.69, 9.17) is 0 Å². The Balaban J connectivity index is 2.16. The van der Waals surface area contributed by atoms with E-state index in [1.807, 2.05) is 29.1 Å². The van der Waals surface area contributed by atoms with Gasteiger partial charge < -0.3 is 9.88 Å². The number of para-hydroxylation sites is 1. The maximum atomic E-state index is 4.39. The lowest BCUT2D eigenvalue weighted by molar-refractivity contribution is 0.582. The number of benzene rings is 1. The van der Waals surface area contributed by atoms with Crippen LogP contribution in [-0.4, -0.2) is 15.6 Å². The first kappa shape index (κ1) is 12.3. The molecule has 90 valence electrons. The molecule has 0 aliphatic heterocycles. The van der Waals surface area contributed by atoms with Crippen molar-refractivity contribution in [3.63, 3.8) is 0 Å². The van der Waals surface area contributed by atoms with Gasteiger partial charge in [0.25, 0.3) is 0 Å². The standard InChI is InChI=1S/C13H16BrN3/c1-10(2)15-7-11-8-17(9-16-11)13-6-4-3-5-12(13)14/h3-6,8-10,15H,7H2,1-2H3. The Labute approximate surface area is 110 Å². The number of nitrogens with one attached hydrogen (secondary N) is 1. The highest BCUT2D eigenvalue weighted by molar-refractivity contribution is 9.10. The average molecular weight is 294 g/mol. The second-order valence-corrected chi connectivity index (χ2v) is 5.11. The fourth-order valence-corrected chi connectivity index (χ4v) is 2.05. The van der Waals surface area contributed by atoms with Gasteiger partial charge >= 0.3 is 0 Å². The highest BCUT2D eigenvalue weighted by Crippen LogP contribution is 2.20. The van der Waals surface area contributed by atoms with Crippen molar-refractivity contribution in [3.8, 4) is 5.69 Å². The van der Waals surface area contributed by atoms with Crippen molar-refractivity contribution in [2.45, 2.75) is 26.4 Å². The minimum Gasteiger partial charge on any atom is -0.309 e. The largest absolute Gasteiger partial charge is 0.309 e. The molecule has 0 bridgehead atoms. The molecule has 0 unspecified atom stereocenters. The Morgan fingerprint density at radius 1 is 1.35 bits per heavy atom. The van der Waals surface area contributed by atoms with Crippen LogP contribution >= 0.6 is 15.9 Å². The lowest BCUT2D eigenvalue weighted by atomic mass is 10.3. The van der Waals surface area contributed by atoms with E-state index in [2.05, 4.69) is 52.3 Å². The zero-order valence-electron chi connectivity index (χ0n) is 10.0. The van der Waals surface area contributed by atoms with Crippen molar-refractivity contribution in [3.05, 3.63) is 47.0 Å². The topological polar surface area (TPSA) is 29.9 Å². The van der Waals surface area contributed by atoms with E-state index >= 15 is 0 Å². The average Bonchev–Trinajstić information content (AvgIpc) is 2.75. The van der Waals surface area contributed by atoms with Crippen molar-refractivity contribution in [1.82, 2.24) is 14.9 Å². The van der Waals surface area contributed by atoms with Gasteiger partial charge in [-0.1, -0.05) is 26.0 Å². The molecule has 0 saturated carbocycles. The van der Waals surface area contributed by atoms with Crippen LogP contribution in [0.4, 0.5) is 0 Å². The molecule has 0 atom stereocenters. The predicted molar refractivity (Wildman–Crippen MR) is 73.2 cm³/mol. The quantitative estimate of drug-likeness (QED) is 0.939. The molecule has 0 aliphatic carbocycles. The van der Waals surface area contributed by atoms with Crippen molar-refractivity contribution in [2.24, 2.45) is 0 Å². The zero-order valence-corrected chi connectivity index (χ0v) is 11.6. The molecule has 0 saturated heterocycles.